The Balaban J connectivity index is 1.48. The minimum absolute atomic E-state index is 0.0302. The molecule has 3 aromatic rings. The fraction of sp³-hybridized carbons (Fsp3) is 0.167. The van der Waals surface area contributed by atoms with Gasteiger partial charge in [0, 0.05) is 16.8 Å². The number of para-hydroxylation sites is 1. The smallest absolute Gasteiger partial charge is 0.341 e. The largest absolute Gasteiger partial charge is 0.489 e. The minimum atomic E-state index is -1.01. The van der Waals surface area contributed by atoms with Gasteiger partial charge in [0.2, 0.25) is 0 Å². The summed E-state index contributed by atoms with van der Waals surface area (Å²) in [5.41, 5.74) is 4.16. The quantitative estimate of drug-likeness (QED) is 0.640. The summed E-state index contributed by atoms with van der Waals surface area (Å²) in [6, 6.07) is 20.6. The Kier molecular flexibility index (Phi) is 5.39. The van der Waals surface area contributed by atoms with Crippen LogP contribution in [0.1, 0.15) is 27.0 Å². The number of carboxylic acid groups (broad SMARTS) is 1. The van der Waals surface area contributed by atoms with Crippen molar-refractivity contribution in [1.82, 2.24) is 0 Å². The Morgan fingerprint density at radius 1 is 1.00 bits per heavy atom. The number of anilines is 1. The predicted octanol–water partition coefficient (Wildman–Crippen LogP) is 4.20. The van der Waals surface area contributed by atoms with Crippen LogP contribution in [0.5, 0.6) is 11.5 Å². The number of aliphatic carboxylic acids is 1. The van der Waals surface area contributed by atoms with E-state index in [-0.39, 0.29) is 12.5 Å². The number of aryl methyl sites for hydroxylation is 1. The van der Waals surface area contributed by atoms with Gasteiger partial charge in [-0.1, -0.05) is 30.3 Å². The predicted molar refractivity (Wildman–Crippen MR) is 112 cm³/mol. The minimum Gasteiger partial charge on any atom is -0.489 e. The maximum Gasteiger partial charge on any atom is 0.341 e. The van der Waals surface area contributed by atoms with Crippen molar-refractivity contribution in [3.63, 3.8) is 0 Å². The molecule has 6 heteroatoms. The van der Waals surface area contributed by atoms with Gasteiger partial charge >= 0.3 is 5.97 Å². The molecule has 0 saturated carbocycles. The van der Waals surface area contributed by atoms with Crippen LogP contribution >= 0.6 is 0 Å². The number of benzene rings is 3. The Labute approximate surface area is 174 Å². The van der Waals surface area contributed by atoms with Crippen molar-refractivity contribution in [2.24, 2.45) is 0 Å². The zero-order chi connectivity index (χ0) is 21.1. The van der Waals surface area contributed by atoms with Crippen LogP contribution in [0, 0.1) is 6.92 Å². The molecule has 0 saturated heterocycles. The van der Waals surface area contributed by atoms with E-state index in [0.717, 1.165) is 22.4 Å². The molecule has 0 spiro atoms. The first kappa shape index (κ1) is 19.5. The summed E-state index contributed by atoms with van der Waals surface area (Å²) in [5.74, 6) is 0.172. The van der Waals surface area contributed by atoms with Gasteiger partial charge in [-0.3, -0.25) is 4.79 Å². The number of rotatable bonds is 7. The summed E-state index contributed by atoms with van der Waals surface area (Å²) in [5, 5.41) is 8.75. The van der Waals surface area contributed by atoms with Gasteiger partial charge < -0.3 is 19.5 Å². The van der Waals surface area contributed by atoms with Gasteiger partial charge in [0.15, 0.2) is 6.61 Å². The first-order chi connectivity index (χ1) is 14.5. The summed E-state index contributed by atoms with van der Waals surface area (Å²) in [7, 11) is 0. The van der Waals surface area contributed by atoms with Crippen LogP contribution in [-0.4, -0.2) is 23.6 Å². The normalized spacial score (nSPS) is 12.6. The van der Waals surface area contributed by atoms with E-state index >= 15 is 0 Å². The Morgan fingerprint density at radius 2 is 1.80 bits per heavy atom. The van der Waals surface area contributed by atoms with E-state index in [1.807, 2.05) is 67.6 Å². The van der Waals surface area contributed by atoms with Gasteiger partial charge in [0.1, 0.15) is 18.1 Å². The second-order valence-corrected chi connectivity index (χ2v) is 7.08. The summed E-state index contributed by atoms with van der Waals surface area (Å²) in [4.78, 5) is 25.2. The Morgan fingerprint density at radius 3 is 2.53 bits per heavy atom. The fourth-order valence-corrected chi connectivity index (χ4v) is 3.52. The molecule has 30 heavy (non-hydrogen) atoms. The zero-order valence-electron chi connectivity index (χ0n) is 16.5. The van der Waals surface area contributed by atoms with E-state index in [9.17, 15) is 9.59 Å². The van der Waals surface area contributed by atoms with Crippen molar-refractivity contribution in [3.8, 4) is 11.5 Å². The van der Waals surface area contributed by atoms with E-state index < -0.39 is 5.97 Å². The van der Waals surface area contributed by atoms with Crippen molar-refractivity contribution in [2.45, 2.75) is 20.1 Å². The molecule has 0 bridgehead atoms. The van der Waals surface area contributed by atoms with E-state index in [2.05, 4.69) is 0 Å². The highest BCUT2D eigenvalue weighted by atomic mass is 16.5. The van der Waals surface area contributed by atoms with Gasteiger partial charge in [0.25, 0.3) is 5.91 Å². The molecule has 0 fully saturated rings. The summed E-state index contributed by atoms with van der Waals surface area (Å²) >= 11 is 0. The number of hydrogen-bond acceptors (Lipinski definition) is 4. The molecule has 1 N–H and O–H groups in total. The van der Waals surface area contributed by atoms with Crippen LogP contribution in [0.3, 0.4) is 0 Å². The molecule has 3 aromatic carbocycles. The summed E-state index contributed by atoms with van der Waals surface area (Å²) in [6.45, 7) is 2.28. The molecule has 0 atom stereocenters. The topological polar surface area (TPSA) is 76.1 Å². The maximum absolute atomic E-state index is 12.8. The summed E-state index contributed by atoms with van der Waals surface area (Å²) in [6.07, 6.45) is 0. The van der Waals surface area contributed by atoms with Gasteiger partial charge in [-0.15, -0.1) is 0 Å². The highest BCUT2D eigenvalue weighted by molar-refractivity contribution is 6.10. The molecule has 0 aliphatic carbocycles. The fourth-order valence-electron chi connectivity index (χ4n) is 3.52. The van der Waals surface area contributed by atoms with Crippen molar-refractivity contribution in [3.05, 3.63) is 89.0 Å². The Bertz CT molecular complexity index is 1090. The third kappa shape index (κ3) is 3.98. The highest BCUT2D eigenvalue weighted by Gasteiger charge is 2.30. The third-order valence-corrected chi connectivity index (χ3v) is 4.98. The second kappa shape index (κ2) is 8.29. The van der Waals surface area contributed by atoms with Crippen molar-refractivity contribution >= 4 is 17.6 Å². The molecule has 6 nitrogen and oxygen atoms in total. The number of nitrogens with zero attached hydrogens (tertiary/aromatic N) is 1. The van der Waals surface area contributed by atoms with Crippen LogP contribution in [0.2, 0.25) is 0 Å². The average molecular weight is 403 g/mol. The van der Waals surface area contributed by atoms with E-state index in [0.29, 0.717) is 30.2 Å². The Hall–Kier alpha value is -3.80. The molecule has 0 aromatic heterocycles. The van der Waals surface area contributed by atoms with Crippen LogP contribution in [0.15, 0.2) is 66.7 Å². The molecule has 152 valence electrons. The lowest BCUT2D eigenvalue weighted by atomic mass is 10.1. The van der Waals surface area contributed by atoms with Crippen LogP contribution in [-0.2, 0) is 17.9 Å². The third-order valence-electron chi connectivity index (χ3n) is 4.98. The second-order valence-electron chi connectivity index (χ2n) is 7.08. The zero-order valence-corrected chi connectivity index (χ0v) is 16.5. The molecule has 0 radical (unpaired) electrons. The number of ether oxygens (including phenoxy) is 2. The first-order valence-corrected chi connectivity index (χ1v) is 9.58. The monoisotopic (exact) mass is 403 g/mol. The van der Waals surface area contributed by atoms with Gasteiger partial charge in [-0.2, -0.15) is 0 Å². The number of fused-ring (bicyclic) bond motifs is 1. The number of carbonyl (C=O) groups excluding carboxylic acids is 1. The molecule has 1 amide bonds. The molecule has 1 aliphatic heterocycles. The number of amides is 1. The van der Waals surface area contributed by atoms with E-state index in [1.165, 1.54) is 0 Å². The lowest BCUT2D eigenvalue weighted by molar-refractivity contribution is -0.139. The van der Waals surface area contributed by atoms with Crippen molar-refractivity contribution in [2.75, 3.05) is 11.5 Å². The van der Waals surface area contributed by atoms with Crippen molar-refractivity contribution < 1.29 is 24.2 Å². The molecule has 1 heterocycles. The lowest BCUT2D eigenvalue weighted by Gasteiger charge is -2.15. The first-order valence-electron chi connectivity index (χ1n) is 9.58. The lowest BCUT2D eigenvalue weighted by Crippen LogP contribution is -2.22. The van der Waals surface area contributed by atoms with E-state index in [1.54, 1.807) is 11.0 Å². The molecule has 0 unspecified atom stereocenters. The number of hydrogen-bond donors (Lipinski definition) is 1. The van der Waals surface area contributed by atoms with Crippen LogP contribution < -0.4 is 14.4 Å². The highest BCUT2D eigenvalue weighted by Crippen LogP contribution is 2.34. The average Bonchev–Trinajstić information content (AvgIpc) is 3.09. The van der Waals surface area contributed by atoms with Crippen LogP contribution in [0.25, 0.3) is 0 Å². The van der Waals surface area contributed by atoms with Gasteiger partial charge in [0.05, 0.1) is 6.54 Å². The number of carbonyl (C=O) groups is 2. The van der Waals surface area contributed by atoms with Crippen LogP contribution in [0.4, 0.5) is 5.69 Å². The van der Waals surface area contributed by atoms with Gasteiger partial charge in [-0.05, 0) is 54.4 Å². The van der Waals surface area contributed by atoms with E-state index in [4.69, 9.17) is 14.6 Å². The maximum atomic E-state index is 12.8. The molecular weight excluding hydrogens is 382 g/mol. The molecular formula is C24H21NO5. The van der Waals surface area contributed by atoms with Crippen molar-refractivity contribution in [1.29, 1.82) is 0 Å². The SMILES string of the molecule is Cc1cc(COc2cccc3c2CN(c2ccccc2)C3=O)ccc1OCC(=O)O. The summed E-state index contributed by atoms with van der Waals surface area (Å²) < 4.78 is 11.3. The standard InChI is InChI=1S/C24H21NO5/c1-16-12-17(10-11-21(16)30-15-23(26)27)14-29-22-9-5-8-19-20(22)13-25(24(19)28)18-6-3-2-4-7-18/h2-12H,13-15H2,1H3,(H,26,27). The molecule has 1 aliphatic rings. The van der Waals surface area contributed by atoms with Gasteiger partial charge in [-0.25, -0.2) is 4.79 Å². The molecule has 4 rings (SSSR count). The number of carboxylic acids is 1.